The first-order valence-electron chi connectivity index (χ1n) is 28.4. The van der Waals surface area contributed by atoms with Gasteiger partial charge < -0.3 is 50.9 Å². The van der Waals surface area contributed by atoms with Crippen molar-refractivity contribution in [2.75, 3.05) is 45.9 Å². The fourth-order valence-corrected chi connectivity index (χ4v) is 10.7. The quantitative estimate of drug-likeness (QED) is 0.0407. The Balaban J connectivity index is 0.000000297. The predicted octanol–water partition coefficient (Wildman–Crippen LogP) is 6.49. The molecule has 2 aliphatic carbocycles. The molecule has 0 aromatic carbocycles. The summed E-state index contributed by atoms with van der Waals surface area (Å²) in [6.45, 7) is 10.8. The summed E-state index contributed by atoms with van der Waals surface area (Å²) >= 11 is 5.56. The molecule has 0 bridgehead atoms. The van der Waals surface area contributed by atoms with Gasteiger partial charge in [-0.1, -0.05) is 0 Å². The number of alkyl halides is 9. The number of carbonyl (C=O) groups excluding carboxylic acids is 3. The van der Waals surface area contributed by atoms with E-state index in [1.165, 1.54) is 15.9 Å². The Labute approximate surface area is 528 Å². The summed E-state index contributed by atoms with van der Waals surface area (Å²) in [6, 6.07) is 6.54. The Bertz CT molecular complexity index is 3410. The van der Waals surface area contributed by atoms with Gasteiger partial charge in [-0.2, -0.15) is 39.5 Å². The first-order chi connectivity index (χ1) is 41.0. The summed E-state index contributed by atoms with van der Waals surface area (Å²) in [5.74, 6) is -4.93. The van der Waals surface area contributed by atoms with Crippen molar-refractivity contribution in [3.63, 3.8) is 0 Å². The number of fused-ring (bicyclic) bond motifs is 2. The number of likely N-dealkylation sites (tertiary alicyclic amines) is 2. The fraction of sp³-hybridized carbons (Fsp3) is 0.517. The maximum Gasteiger partial charge on any atom is 1.00 e. The van der Waals surface area contributed by atoms with Crippen molar-refractivity contribution in [1.82, 2.24) is 54.6 Å². The molecule has 32 heteroatoms. The van der Waals surface area contributed by atoms with Gasteiger partial charge in [0.15, 0.2) is 0 Å². The molecule has 0 saturated carbocycles. The van der Waals surface area contributed by atoms with Gasteiger partial charge in [0.1, 0.15) is 0 Å². The number of esters is 1. The van der Waals surface area contributed by atoms with Crippen molar-refractivity contribution in [1.29, 1.82) is 0 Å². The van der Waals surface area contributed by atoms with E-state index >= 15 is 0 Å². The smallest absolute Gasteiger partial charge is 0.870 e. The Kier molecular flexibility index (Phi) is 29.4. The summed E-state index contributed by atoms with van der Waals surface area (Å²) in [6.07, 6.45) is -0.214. The number of carbonyl (C=O) groups is 4. The molecule has 6 aromatic heterocycles. The van der Waals surface area contributed by atoms with Gasteiger partial charge in [-0.25, -0.2) is 19.6 Å². The zero-order valence-corrected chi connectivity index (χ0v) is 51.3. The molecule has 6 aromatic rings. The second kappa shape index (κ2) is 34.4. The van der Waals surface area contributed by atoms with Crippen molar-refractivity contribution in [3.05, 3.63) is 143 Å². The number of nitrogens with one attached hydrogen (secondary N) is 6. The number of carboxylic acid groups (broad SMARTS) is 1. The van der Waals surface area contributed by atoms with Crippen LogP contribution in [0.25, 0.3) is 5.95 Å². The zero-order valence-electron chi connectivity index (χ0n) is 50.6. The number of nitrogens with zero attached hydrogens (tertiary/aromatic N) is 5. The van der Waals surface area contributed by atoms with E-state index in [-0.39, 0.29) is 129 Å². The summed E-state index contributed by atoms with van der Waals surface area (Å²) in [7, 11) is 0. The number of aryl methyl sites for hydroxylation is 5. The molecule has 3 saturated heterocycles. The van der Waals surface area contributed by atoms with Gasteiger partial charge in [0, 0.05) is 84.9 Å². The monoisotopic (exact) mass is 1300 g/mol. The number of piperidine rings is 3. The SMILES string of the molecule is CCOC(=O)c1cc[nH]c1C.Cc1[nH]ccc1C(=O)N1CCC(C(F)(F)F)CC1.Cc1[nH]ccc1C(=O)O.Cc1c(C(=O)N2CCC(C(F)(F)F)CC2)ccn1-c1nc2c(c(=O)[nH]1)CCC2.FC(F)(F)C1CCNCC1.O.O=c1[nH]c(Cl)nc2c1CCC2.[Li+].[OH-]. The molecule has 0 unspecified atom stereocenters. The Morgan fingerprint density at radius 2 is 1.02 bits per heavy atom. The van der Waals surface area contributed by atoms with E-state index in [0.29, 0.717) is 59.3 Å². The molecule has 10 N–H and O–H groups in total. The van der Waals surface area contributed by atoms with E-state index in [1.807, 2.05) is 6.92 Å². The van der Waals surface area contributed by atoms with Crippen LogP contribution in [0, 0.1) is 45.4 Å². The minimum atomic E-state index is -4.21. The first-order valence-corrected chi connectivity index (χ1v) is 28.8. The van der Waals surface area contributed by atoms with Crippen LogP contribution in [0.2, 0.25) is 5.28 Å². The van der Waals surface area contributed by atoms with Gasteiger partial charge in [-0.05, 0) is 161 Å². The van der Waals surface area contributed by atoms with Crippen molar-refractivity contribution in [2.24, 2.45) is 17.8 Å². The molecule has 90 heavy (non-hydrogen) atoms. The number of hydrogen-bond donors (Lipinski definition) is 7. The van der Waals surface area contributed by atoms with E-state index < -0.39 is 42.3 Å². The summed E-state index contributed by atoms with van der Waals surface area (Å²) in [5, 5.41) is 11.5. The van der Waals surface area contributed by atoms with Crippen LogP contribution in [0.5, 0.6) is 0 Å². The minimum Gasteiger partial charge on any atom is -0.870 e. The summed E-state index contributed by atoms with van der Waals surface area (Å²) in [5.41, 5.74) is 7.77. The second-order valence-corrected chi connectivity index (χ2v) is 21.7. The number of aromatic amines is 5. The molecule has 0 spiro atoms. The van der Waals surface area contributed by atoms with Crippen LogP contribution < -0.4 is 35.3 Å². The van der Waals surface area contributed by atoms with E-state index in [1.54, 1.807) is 75.2 Å². The van der Waals surface area contributed by atoms with E-state index in [0.717, 1.165) is 72.4 Å². The van der Waals surface area contributed by atoms with Crippen LogP contribution in [0.15, 0.2) is 58.6 Å². The summed E-state index contributed by atoms with van der Waals surface area (Å²) < 4.78 is 118. The fourth-order valence-electron chi connectivity index (χ4n) is 10.5. The van der Waals surface area contributed by atoms with Gasteiger partial charge in [0.2, 0.25) is 11.2 Å². The molecule has 3 fully saturated rings. The maximum atomic E-state index is 12.8. The molecule has 9 heterocycles. The van der Waals surface area contributed by atoms with Crippen LogP contribution in [-0.2, 0) is 30.4 Å². The van der Waals surface area contributed by atoms with Gasteiger partial charge >= 0.3 is 49.3 Å². The molecule has 3 aliphatic heterocycles. The van der Waals surface area contributed by atoms with Crippen LogP contribution >= 0.6 is 11.6 Å². The third kappa shape index (κ3) is 21.0. The van der Waals surface area contributed by atoms with Crippen LogP contribution in [-0.4, -0.2) is 153 Å². The van der Waals surface area contributed by atoms with Gasteiger partial charge in [-0.3, -0.25) is 33.7 Å². The largest absolute Gasteiger partial charge is 1.00 e. The van der Waals surface area contributed by atoms with Gasteiger partial charge in [-0.15, -0.1) is 0 Å². The van der Waals surface area contributed by atoms with Gasteiger partial charge in [0.25, 0.3) is 22.9 Å². The minimum absolute atomic E-state index is 0. The van der Waals surface area contributed by atoms with Crippen molar-refractivity contribution in [3.8, 4) is 5.95 Å². The molecule has 21 nitrogen and oxygen atoms in total. The number of rotatable bonds is 6. The topological polar surface area (TPSA) is 322 Å². The van der Waals surface area contributed by atoms with Crippen molar-refractivity contribution >= 4 is 35.4 Å². The van der Waals surface area contributed by atoms with E-state index in [2.05, 4.69) is 40.2 Å². The third-order valence-corrected chi connectivity index (χ3v) is 15.7. The molecule has 0 atom stereocenters. The van der Waals surface area contributed by atoms with Gasteiger partial charge in [0.05, 0.1) is 58.0 Å². The molecule has 11 rings (SSSR count). The van der Waals surface area contributed by atoms with Crippen LogP contribution in [0.4, 0.5) is 39.5 Å². The average molecular weight is 1300 g/mol. The zero-order chi connectivity index (χ0) is 64.0. The third-order valence-electron chi connectivity index (χ3n) is 15.6. The molecule has 0 radical (unpaired) electrons. The molecule has 492 valence electrons. The normalized spacial score (nSPS) is 15.7. The van der Waals surface area contributed by atoms with Crippen molar-refractivity contribution in [2.45, 2.75) is 130 Å². The van der Waals surface area contributed by atoms with E-state index in [9.17, 15) is 68.3 Å². The maximum absolute atomic E-state index is 12.8. The number of H-pyrrole nitrogens is 5. The molecular formula is C58H74ClF9LiN11O10. The number of aromatic nitrogens is 8. The number of aromatic carboxylic acids is 1. The Morgan fingerprint density at radius 3 is 1.42 bits per heavy atom. The molecular weight excluding hydrogens is 1220 g/mol. The number of hydrogen-bond acceptors (Lipinski definition) is 11. The molecule has 5 aliphatic rings. The number of carboxylic acids is 1. The van der Waals surface area contributed by atoms with E-state index in [4.69, 9.17) is 21.4 Å². The standard InChI is InChI=1S/C19H21F3N4O2.C12H15F3N2O.C8H11NO2.C7H7ClN2O.C6H10F3N.C6H7NO2.Li.2H2O/c1-11-13(17(28)25-8-5-12(6-9-25)19(20,21)22)7-10-26(11)18-23-15-4-2-3-14(15)16(27)24-18;1-8-10(2-5-16-8)11(18)17-6-3-9(4-7-17)12(13,14)15;1-3-11-8(10)7-4-5-9-6(7)2;8-7-9-5-3-1-2-4(5)6(11)10-7;7-6(8,9)5-1-3-10-4-2-5;1-4-5(6(8)9)2-3-7-4;;;/h7,10,12H,2-6,8-9H2,1H3,(H,23,24,27);2,5,9,16H,3-4,6-7H2,1H3;4-5,9H,3H2,1-2H3;1-3H2,(H,9,10,11);5,10H,1-4H2;2-3,7H,1H3,(H,8,9);;2*1H2/q;;;;;;+1;;/p-1. The second-order valence-electron chi connectivity index (χ2n) is 21.3. The number of amides is 2. The van der Waals surface area contributed by atoms with Crippen LogP contribution in [0.3, 0.4) is 0 Å². The average Bonchev–Trinajstić information content (AvgIpc) is 2.00. The Morgan fingerprint density at radius 1 is 0.611 bits per heavy atom. The first kappa shape index (κ1) is 77.1. The van der Waals surface area contributed by atoms with Crippen LogP contribution in [0.1, 0.15) is 145 Å². The molecule has 2 amide bonds. The Hall–Kier alpha value is -7.10. The van der Waals surface area contributed by atoms with Crippen molar-refractivity contribution < 1.29 is 98.3 Å². The predicted molar refractivity (Wildman–Crippen MR) is 309 cm³/mol. The summed E-state index contributed by atoms with van der Waals surface area (Å²) in [4.78, 5) is 94.9. The number of halogens is 10. The number of ether oxygens (including phenoxy) is 1.